The van der Waals surface area contributed by atoms with Crippen LogP contribution in [-0.4, -0.2) is 19.6 Å². The summed E-state index contributed by atoms with van der Waals surface area (Å²) in [5.41, 5.74) is 2.91. The van der Waals surface area contributed by atoms with Crippen LogP contribution in [0.15, 0.2) is 29.3 Å². The van der Waals surface area contributed by atoms with Crippen molar-refractivity contribution in [3.05, 3.63) is 35.4 Å². The molecule has 1 aromatic rings. The second kappa shape index (κ2) is 9.21. The van der Waals surface area contributed by atoms with Crippen LogP contribution >= 0.6 is 24.0 Å². The molecule has 0 bridgehead atoms. The van der Waals surface area contributed by atoms with E-state index in [1.807, 2.05) is 7.05 Å². The number of aryl methyl sites for hydroxylation is 1. The summed E-state index contributed by atoms with van der Waals surface area (Å²) in [5, 5.41) is 6.69. The number of benzene rings is 1. The fourth-order valence-corrected chi connectivity index (χ4v) is 1.78. The average Bonchev–Trinajstić information content (AvgIpc) is 2.32. The fraction of sp³-hybridized carbons (Fsp3) is 0.562. The first-order valence-electron chi connectivity index (χ1n) is 6.91. The molecule has 0 aliphatic heterocycles. The molecule has 0 aliphatic carbocycles. The first-order chi connectivity index (χ1) is 8.90. The molecule has 1 rings (SSSR count). The topological polar surface area (TPSA) is 36.4 Å². The third-order valence-corrected chi connectivity index (χ3v) is 2.93. The first kappa shape index (κ1) is 19.2. The number of hydrogen-bond acceptors (Lipinski definition) is 1. The Morgan fingerprint density at radius 3 is 2.45 bits per heavy atom. The molecule has 0 fully saturated rings. The van der Waals surface area contributed by atoms with Crippen LogP contribution in [0.25, 0.3) is 0 Å². The summed E-state index contributed by atoms with van der Waals surface area (Å²) in [5.74, 6) is 0.866. The summed E-state index contributed by atoms with van der Waals surface area (Å²) in [6, 6.07) is 8.51. The van der Waals surface area contributed by atoms with E-state index in [4.69, 9.17) is 0 Å². The lowest BCUT2D eigenvalue weighted by Crippen LogP contribution is -2.38. The Bertz CT molecular complexity index is 422. The molecule has 0 radical (unpaired) electrons. The lowest BCUT2D eigenvalue weighted by Gasteiger charge is -2.19. The van der Waals surface area contributed by atoms with Gasteiger partial charge in [0.25, 0.3) is 0 Å². The van der Waals surface area contributed by atoms with Gasteiger partial charge in [-0.1, -0.05) is 50.6 Å². The van der Waals surface area contributed by atoms with E-state index >= 15 is 0 Å². The Balaban J connectivity index is 0.00000361. The van der Waals surface area contributed by atoms with Crippen LogP contribution in [0.4, 0.5) is 0 Å². The minimum Gasteiger partial charge on any atom is -0.356 e. The van der Waals surface area contributed by atoms with E-state index in [-0.39, 0.29) is 24.0 Å². The van der Waals surface area contributed by atoms with Crippen molar-refractivity contribution in [2.45, 2.75) is 40.7 Å². The maximum atomic E-state index is 4.24. The lowest BCUT2D eigenvalue weighted by atomic mass is 9.92. The monoisotopic (exact) mass is 389 g/mol. The maximum absolute atomic E-state index is 4.24. The van der Waals surface area contributed by atoms with Crippen LogP contribution < -0.4 is 10.6 Å². The third-order valence-electron chi connectivity index (χ3n) is 2.93. The van der Waals surface area contributed by atoms with Crippen molar-refractivity contribution in [1.29, 1.82) is 0 Å². The summed E-state index contributed by atoms with van der Waals surface area (Å²) in [7, 11) is 1.81. The van der Waals surface area contributed by atoms with Gasteiger partial charge < -0.3 is 10.6 Å². The number of nitrogens with zero attached hydrogens (tertiary/aromatic N) is 1. The van der Waals surface area contributed by atoms with E-state index in [1.54, 1.807) is 0 Å². The Morgan fingerprint density at radius 2 is 1.90 bits per heavy atom. The number of hydrogen-bond donors (Lipinski definition) is 2. The van der Waals surface area contributed by atoms with E-state index in [0.29, 0.717) is 5.41 Å². The number of halogens is 1. The minimum atomic E-state index is 0. The molecule has 1 aromatic carbocycles. The van der Waals surface area contributed by atoms with Gasteiger partial charge in [-0.25, -0.2) is 0 Å². The number of guanidine groups is 1. The summed E-state index contributed by atoms with van der Waals surface area (Å²) in [6.45, 7) is 10.6. The first-order valence-corrected chi connectivity index (χ1v) is 6.91. The maximum Gasteiger partial charge on any atom is 0.191 e. The third kappa shape index (κ3) is 8.40. The van der Waals surface area contributed by atoms with Crippen LogP contribution in [0.3, 0.4) is 0 Å². The average molecular weight is 389 g/mol. The molecular formula is C16H28IN3. The zero-order chi connectivity index (χ0) is 14.3. The van der Waals surface area contributed by atoms with Crippen LogP contribution in [0.2, 0.25) is 0 Å². The molecule has 0 aliphatic rings. The van der Waals surface area contributed by atoms with Gasteiger partial charge in [0.05, 0.1) is 0 Å². The molecule has 3 nitrogen and oxygen atoms in total. The van der Waals surface area contributed by atoms with Crippen molar-refractivity contribution in [2.75, 3.05) is 13.6 Å². The lowest BCUT2D eigenvalue weighted by molar-refractivity contribution is 0.377. The van der Waals surface area contributed by atoms with Crippen LogP contribution in [0.1, 0.15) is 38.3 Å². The van der Waals surface area contributed by atoms with Crippen molar-refractivity contribution in [2.24, 2.45) is 10.4 Å². The molecule has 0 heterocycles. The molecule has 0 saturated heterocycles. The highest BCUT2D eigenvalue weighted by Crippen LogP contribution is 2.16. The van der Waals surface area contributed by atoms with E-state index in [9.17, 15) is 0 Å². The van der Waals surface area contributed by atoms with Gasteiger partial charge in [0.1, 0.15) is 0 Å². The smallest absolute Gasteiger partial charge is 0.191 e. The molecule has 4 heteroatoms. The molecule has 114 valence electrons. The molecule has 0 amide bonds. The quantitative estimate of drug-likeness (QED) is 0.468. The van der Waals surface area contributed by atoms with Crippen LogP contribution in [-0.2, 0) is 6.54 Å². The predicted octanol–water partition coefficient (Wildman–Crippen LogP) is 3.71. The highest BCUT2D eigenvalue weighted by Gasteiger charge is 2.09. The highest BCUT2D eigenvalue weighted by atomic mass is 127. The second-order valence-corrected chi connectivity index (χ2v) is 6.15. The van der Waals surface area contributed by atoms with E-state index in [1.165, 1.54) is 11.1 Å². The van der Waals surface area contributed by atoms with Crippen molar-refractivity contribution in [3.8, 4) is 0 Å². The van der Waals surface area contributed by atoms with Gasteiger partial charge in [0.2, 0.25) is 0 Å². The zero-order valence-corrected chi connectivity index (χ0v) is 15.6. The molecule has 0 unspecified atom stereocenters. The SMILES string of the molecule is CN=C(NCCC(C)(C)C)NCc1cccc(C)c1.I. The summed E-state index contributed by atoms with van der Waals surface area (Å²) in [4.78, 5) is 4.24. The van der Waals surface area contributed by atoms with E-state index in [0.717, 1.165) is 25.5 Å². The van der Waals surface area contributed by atoms with Gasteiger partial charge in [-0.3, -0.25) is 4.99 Å². The molecule has 0 saturated carbocycles. The van der Waals surface area contributed by atoms with Gasteiger partial charge in [-0.15, -0.1) is 24.0 Å². The predicted molar refractivity (Wildman–Crippen MR) is 98.9 cm³/mol. The Hall–Kier alpha value is -0.780. The van der Waals surface area contributed by atoms with Crippen LogP contribution in [0.5, 0.6) is 0 Å². The van der Waals surface area contributed by atoms with Gasteiger partial charge in [-0.2, -0.15) is 0 Å². The Kier molecular flexibility index (Phi) is 8.85. The number of aliphatic imine (C=N–C) groups is 1. The van der Waals surface area contributed by atoms with Crippen LogP contribution in [0, 0.1) is 12.3 Å². The van der Waals surface area contributed by atoms with E-state index < -0.39 is 0 Å². The molecule has 0 atom stereocenters. The van der Waals surface area contributed by atoms with Crippen molar-refractivity contribution >= 4 is 29.9 Å². The Morgan fingerprint density at radius 1 is 1.20 bits per heavy atom. The second-order valence-electron chi connectivity index (χ2n) is 6.15. The molecule has 20 heavy (non-hydrogen) atoms. The van der Waals surface area contributed by atoms with Crippen molar-refractivity contribution in [1.82, 2.24) is 10.6 Å². The molecule has 0 aromatic heterocycles. The normalized spacial score (nSPS) is 11.8. The summed E-state index contributed by atoms with van der Waals surface area (Å²) >= 11 is 0. The minimum absolute atomic E-state index is 0. The van der Waals surface area contributed by atoms with E-state index in [2.05, 4.69) is 67.6 Å². The van der Waals surface area contributed by atoms with Crippen molar-refractivity contribution < 1.29 is 0 Å². The molecule has 0 spiro atoms. The van der Waals surface area contributed by atoms with Gasteiger partial charge in [-0.05, 0) is 24.3 Å². The molecular weight excluding hydrogens is 361 g/mol. The summed E-state index contributed by atoms with van der Waals surface area (Å²) in [6.07, 6.45) is 1.12. The number of rotatable bonds is 4. The number of nitrogens with one attached hydrogen (secondary N) is 2. The zero-order valence-electron chi connectivity index (χ0n) is 13.3. The molecule has 2 N–H and O–H groups in total. The summed E-state index contributed by atoms with van der Waals surface area (Å²) < 4.78 is 0. The fourth-order valence-electron chi connectivity index (χ4n) is 1.78. The van der Waals surface area contributed by atoms with Gasteiger partial charge in [0, 0.05) is 20.1 Å². The Labute approximate surface area is 140 Å². The standard InChI is InChI=1S/C16H27N3.HI/c1-13-7-6-8-14(11-13)12-19-15(17-5)18-10-9-16(2,3)4;/h6-8,11H,9-10,12H2,1-5H3,(H2,17,18,19);1H. The highest BCUT2D eigenvalue weighted by molar-refractivity contribution is 14.0. The van der Waals surface area contributed by atoms with Crippen molar-refractivity contribution in [3.63, 3.8) is 0 Å². The van der Waals surface area contributed by atoms with Gasteiger partial charge in [0.15, 0.2) is 5.96 Å². The van der Waals surface area contributed by atoms with Gasteiger partial charge >= 0.3 is 0 Å². The largest absolute Gasteiger partial charge is 0.356 e.